The Hall–Kier alpha value is -2.22. The van der Waals surface area contributed by atoms with E-state index in [1.54, 1.807) is 0 Å². The van der Waals surface area contributed by atoms with Crippen molar-refractivity contribution in [1.82, 2.24) is 0 Å². The molecule has 0 aliphatic carbocycles. The van der Waals surface area contributed by atoms with E-state index in [1.807, 2.05) is 79.7 Å². The highest BCUT2D eigenvalue weighted by Crippen LogP contribution is 2.16. The van der Waals surface area contributed by atoms with Crippen molar-refractivity contribution in [2.75, 3.05) is 0 Å². The molecule has 0 unspecified atom stereocenters. The fraction of sp³-hybridized carbons (Fsp3) is 0.125. The Balaban J connectivity index is 2.05. The van der Waals surface area contributed by atoms with Crippen molar-refractivity contribution in [2.24, 2.45) is 0 Å². The largest absolute Gasteiger partial charge is 0.451 e. The van der Waals surface area contributed by atoms with Crippen LogP contribution in [0.1, 0.15) is 6.92 Å². The average Bonchev–Trinajstić information content (AvgIpc) is 2.41. The molecule has 0 fully saturated rings. The van der Waals surface area contributed by atoms with Crippen molar-refractivity contribution >= 4 is 0 Å². The summed E-state index contributed by atoms with van der Waals surface area (Å²) in [6.07, 6.45) is 3.37. The van der Waals surface area contributed by atoms with Gasteiger partial charge in [0.15, 0.2) is 0 Å². The van der Waals surface area contributed by atoms with Crippen molar-refractivity contribution in [2.45, 2.75) is 13.2 Å². The summed E-state index contributed by atoms with van der Waals surface area (Å²) in [7, 11) is 0. The molecule has 0 atom stereocenters. The van der Waals surface area contributed by atoms with E-state index < -0.39 is 6.29 Å². The molecule has 0 aliphatic heterocycles. The number of benzene rings is 2. The van der Waals surface area contributed by atoms with Gasteiger partial charge in [-0.25, -0.2) is 0 Å². The van der Waals surface area contributed by atoms with Crippen LogP contribution in [0.4, 0.5) is 0 Å². The summed E-state index contributed by atoms with van der Waals surface area (Å²) in [4.78, 5) is 0. The smallest absolute Gasteiger partial charge is 0.260 e. The van der Waals surface area contributed by atoms with Crippen molar-refractivity contribution in [1.29, 1.82) is 0 Å². The molecule has 2 aromatic carbocycles. The molecule has 2 nitrogen and oxygen atoms in total. The monoisotopic (exact) mass is 240 g/mol. The molecule has 2 aromatic rings. The van der Waals surface area contributed by atoms with Gasteiger partial charge in [-0.2, -0.15) is 0 Å². The standard InChI is InChI=1S/C16H16O2/c1-2-9-16(17-14-10-5-3-6-11-14)18-15-12-7-4-8-13-15/h2-13,16H,1H3/b9-2+. The first-order valence-electron chi connectivity index (χ1n) is 5.95. The van der Waals surface area contributed by atoms with Gasteiger partial charge >= 0.3 is 0 Å². The Morgan fingerprint density at radius 3 is 1.61 bits per heavy atom. The second-order valence-corrected chi connectivity index (χ2v) is 3.76. The second kappa shape index (κ2) is 6.50. The lowest BCUT2D eigenvalue weighted by atomic mass is 10.3. The molecule has 0 aromatic heterocycles. The molecule has 92 valence electrons. The highest BCUT2D eigenvalue weighted by atomic mass is 16.7. The van der Waals surface area contributed by atoms with E-state index in [0.717, 1.165) is 11.5 Å². The minimum absolute atomic E-state index is 0.417. The molecule has 0 spiro atoms. The quantitative estimate of drug-likeness (QED) is 0.580. The Morgan fingerprint density at radius 1 is 0.778 bits per heavy atom. The minimum atomic E-state index is -0.417. The van der Waals surface area contributed by atoms with Gasteiger partial charge < -0.3 is 9.47 Å². The third kappa shape index (κ3) is 3.67. The maximum atomic E-state index is 5.75. The van der Waals surface area contributed by atoms with E-state index in [9.17, 15) is 0 Å². The molecule has 0 N–H and O–H groups in total. The first kappa shape index (κ1) is 12.2. The summed E-state index contributed by atoms with van der Waals surface area (Å²) in [5.74, 6) is 1.58. The summed E-state index contributed by atoms with van der Waals surface area (Å²) in [5.41, 5.74) is 0. The van der Waals surface area contributed by atoms with Gasteiger partial charge in [0, 0.05) is 0 Å². The van der Waals surface area contributed by atoms with Gasteiger partial charge in [-0.3, -0.25) is 0 Å². The van der Waals surface area contributed by atoms with Crippen LogP contribution < -0.4 is 9.47 Å². The molecule has 0 aliphatic rings. The van der Waals surface area contributed by atoms with E-state index in [0.29, 0.717) is 0 Å². The molecule has 0 saturated carbocycles. The molecular weight excluding hydrogens is 224 g/mol. The fourth-order valence-corrected chi connectivity index (χ4v) is 1.53. The summed E-state index contributed by atoms with van der Waals surface area (Å²) >= 11 is 0. The maximum Gasteiger partial charge on any atom is 0.260 e. The van der Waals surface area contributed by atoms with Crippen molar-refractivity contribution in [3.05, 3.63) is 72.8 Å². The number of para-hydroxylation sites is 2. The van der Waals surface area contributed by atoms with Crippen molar-refractivity contribution in [3.8, 4) is 11.5 Å². The van der Waals surface area contributed by atoms with Crippen LogP contribution in [0.5, 0.6) is 11.5 Å². The van der Waals surface area contributed by atoms with Gasteiger partial charge in [-0.15, -0.1) is 0 Å². The molecule has 0 amide bonds. The lowest BCUT2D eigenvalue weighted by molar-refractivity contribution is 0.0471. The summed E-state index contributed by atoms with van der Waals surface area (Å²) < 4.78 is 11.5. The van der Waals surface area contributed by atoms with Crippen molar-refractivity contribution < 1.29 is 9.47 Å². The summed E-state index contributed by atoms with van der Waals surface area (Å²) in [6, 6.07) is 19.3. The van der Waals surface area contributed by atoms with Gasteiger partial charge in [0.1, 0.15) is 11.5 Å². The first-order valence-corrected chi connectivity index (χ1v) is 5.95. The zero-order chi connectivity index (χ0) is 12.6. The van der Waals surface area contributed by atoms with Crippen LogP contribution in [0.25, 0.3) is 0 Å². The fourth-order valence-electron chi connectivity index (χ4n) is 1.53. The number of allylic oxidation sites excluding steroid dienone is 1. The highest BCUT2D eigenvalue weighted by molar-refractivity contribution is 5.24. The van der Waals surface area contributed by atoms with Crippen LogP contribution in [0, 0.1) is 0 Å². The Bertz CT molecular complexity index is 435. The lowest BCUT2D eigenvalue weighted by Crippen LogP contribution is -2.21. The zero-order valence-corrected chi connectivity index (χ0v) is 10.3. The molecular formula is C16H16O2. The Morgan fingerprint density at radius 2 is 1.22 bits per heavy atom. The molecule has 0 heterocycles. The van der Waals surface area contributed by atoms with E-state index in [2.05, 4.69) is 0 Å². The van der Waals surface area contributed by atoms with Crippen LogP contribution in [0.3, 0.4) is 0 Å². The predicted molar refractivity (Wildman–Crippen MR) is 72.7 cm³/mol. The highest BCUT2D eigenvalue weighted by Gasteiger charge is 2.07. The van der Waals surface area contributed by atoms with E-state index in [4.69, 9.17) is 9.47 Å². The van der Waals surface area contributed by atoms with E-state index >= 15 is 0 Å². The van der Waals surface area contributed by atoms with Crippen molar-refractivity contribution in [3.63, 3.8) is 0 Å². The van der Waals surface area contributed by atoms with Crippen LogP contribution in [0.2, 0.25) is 0 Å². The summed E-state index contributed by atoms with van der Waals surface area (Å²) in [5, 5.41) is 0. The number of hydrogen-bond acceptors (Lipinski definition) is 2. The van der Waals surface area contributed by atoms with Crippen LogP contribution >= 0.6 is 0 Å². The van der Waals surface area contributed by atoms with Gasteiger partial charge in [-0.1, -0.05) is 42.5 Å². The van der Waals surface area contributed by atoms with Gasteiger partial charge in [-0.05, 0) is 37.3 Å². The Labute approximate surface area is 107 Å². The average molecular weight is 240 g/mol. The van der Waals surface area contributed by atoms with E-state index in [-0.39, 0.29) is 0 Å². The maximum absolute atomic E-state index is 5.75. The van der Waals surface area contributed by atoms with Gasteiger partial charge in [0.05, 0.1) is 0 Å². The first-order chi connectivity index (χ1) is 8.88. The summed E-state index contributed by atoms with van der Waals surface area (Å²) in [6.45, 7) is 1.94. The SMILES string of the molecule is C/C=C/C(Oc1ccccc1)Oc1ccccc1. The molecule has 0 radical (unpaired) electrons. The van der Waals surface area contributed by atoms with Crippen LogP contribution in [-0.2, 0) is 0 Å². The Kier molecular flexibility index (Phi) is 4.42. The molecule has 2 heteroatoms. The normalized spacial score (nSPS) is 10.8. The molecule has 2 rings (SSSR count). The zero-order valence-electron chi connectivity index (χ0n) is 10.3. The second-order valence-electron chi connectivity index (χ2n) is 3.76. The molecule has 18 heavy (non-hydrogen) atoms. The van der Waals surface area contributed by atoms with Crippen LogP contribution in [0.15, 0.2) is 72.8 Å². The minimum Gasteiger partial charge on any atom is -0.451 e. The molecule has 0 saturated heterocycles. The number of hydrogen-bond donors (Lipinski definition) is 0. The number of ether oxygens (including phenoxy) is 2. The lowest BCUT2D eigenvalue weighted by Gasteiger charge is -2.17. The van der Waals surface area contributed by atoms with Gasteiger partial charge in [0.2, 0.25) is 0 Å². The number of rotatable bonds is 5. The van der Waals surface area contributed by atoms with E-state index in [1.165, 1.54) is 0 Å². The third-order valence-electron chi connectivity index (χ3n) is 2.34. The topological polar surface area (TPSA) is 18.5 Å². The van der Waals surface area contributed by atoms with Crippen LogP contribution in [-0.4, -0.2) is 6.29 Å². The molecule has 0 bridgehead atoms. The third-order valence-corrected chi connectivity index (χ3v) is 2.34. The predicted octanol–water partition coefficient (Wildman–Crippen LogP) is 4.05. The van der Waals surface area contributed by atoms with Gasteiger partial charge in [0.25, 0.3) is 6.29 Å².